The summed E-state index contributed by atoms with van der Waals surface area (Å²) in [6.07, 6.45) is 0.754. The quantitative estimate of drug-likeness (QED) is 0.310. The fraction of sp³-hybridized carbons (Fsp3) is 0.235. The van der Waals surface area contributed by atoms with Gasteiger partial charge in [-0.1, -0.05) is 79.7 Å². The van der Waals surface area contributed by atoms with Gasteiger partial charge in [0.1, 0.15) is 0 Å². The van der Waals surface area contributed by atoms with Crippen molar-refractivity contribution in [3.8, 4) is 11.1 Å². The molecule has 0 bridgehead atoms. The smallest absolute Gasteiger partial charge is 0.256 e. The summed E-state index contributed by atoms with van der Waals surface area (Å²) >= 11 is 0. The molecule has 5 rings (SSSR count). The zero-order valence-electron chi connectivity index (χ0n) is 22.7. The molecule has 4 heteroatoms. The van der Waals surface area contributed by atoms with Gasteiger partial charge in [-0.05, 0) is 79.3 Å². The second-order valence-corrected chi connectivity index (χ2v) is 11.1. The molecule has 4 aromatic rings. The number of aryl methyl sites for hydroxylation is 1. The molecule has 4 nitrogen and oxygen atoms in total. The van der Waals surface area contributed by atoms with Gasteiger partial charge in [0, 0.05) is 34.8 Å². The summed E-state index contributed by atoms with van der Waals surface area (Å²) in [4.78, 5) is 28.4. The van der Waals surface area contributed by atoms with Gasteiger partial charge >= 0.3 is 0 Å². The Bertz CT molecular complexity index is 1510. The average Bonchev–Trinajstić information content (AvgIpc) is 2.89. The number of fused-ring (bicyclic) bond motifs is 1. The topological polar surface area (TPSA) is 49.4 Å². The molecule has 0 spiro atoms. The van der Waals surface area contributed by atoms with E-state index in [0.29, 0.717) is 11.3 Å². The van der Waals surface area contributed by atoms with Crippen LogP contribution in [0.3, 0.4) is 0 Å². The third kappa shape index (κ3) is 4.41. The van der Waals surface area contributed by atoms with Crippen molar-refractivity contribution in [3.05, 3.63) is 119 Å². The van der Waals surface area contributed by atoms with Crippen LogP contribution in [0, 0.1) is 6.92 Å². The van der Waals surface area contributed by atoms with E-state index in [4.69, 9.17) is 0 Å². The number of carbonyl (C=O) groups is 2. The van der Waals surface area contributed by atoms with Crippen molar-refractivity contribution >= 4 is 23.2 Å². The molecule has 1 atom stereocenters. The SMILES string of the molecule is CC(=O)N1c2ccc(NC(=O)c3cccc(C)c3-c3ccccc3)cc2C(C)(c2ccccc2)CC1(C)C. The van der Waals surface area contributed by atoms with Gasteiger partial charge in [0.25, 0.3) is 5.91 Å². The summed E-state index contributed by atoms with van der Waals surface area (Å²) in [5, 5.41) is 3.16. The molecule has 0 fully saturated rings. The summed E-state index contributed by atoms with van der Waals surface area (Å²) in [5.74, 6) is -0.149. The van der Waals surface area contributed by atoms with Crippen molar-refractivity contribution in [1.29, 1.82) is 0 Å². The zero-order valence-corrected chi connectivity index (χ0v) is 22.7. The molecule has 1 aliphatic heterocycles. The number of carbonyl (C=O) groups excluding carboxylic acids is 2. The highest BCUT2D eigenvalue weighted by atomic mass is 16.2. The molecule has 1 aliphatic rings. The molecule has 1 heterocycles. The molecule has 0 saturated carbocycles. The Kier molecular flexibility index (Phi) is 6.44. The fourth-order valence-electron chi connectivity index (χ4n) is 6.32. The van der Waals surface area contributed by atoms with Crippen molar-refractivity contribution in [1.82, 2.24) is 0 Å². The highest BCUT2D eigenvalue weighted by Gasteiger charge is 2.47. The van der Waals surface area contributed by atoms with Crippen LogP contribution >= 0.6 is 0 Å². The van der Waals surface area contributed by atoms with E-state index in [9.17, 15) is 9.59 Å². The molecule has 0 saturated heterocycles. The van der Waals surface area contributed by atoms with Crippen molar-refractivity contribution in [2.24, 2.45) is 0 Å². The van der Waals surface area contributed by atoms with Crippen LogP contribution in [0.15, 0.2) is 97.1 Å². The highest BCUT2D eigenvalue weighted by molar-refractivity contribution is 6.09. The lowest BCUT2D eigenvalue weighted by atomic mass is 9.65. The molecule has 2 amide bonds. The molecular formula is C34H34N2O2. The van der Waals surface area contributed by atoms with Gasteiger partial charge in [-0.2, -0.15) is 0 Å². The lowest BCUT2D eigenvalue weighted by Gasteiger charge is -2.51. The van der Waals surface area contributed by atoms with Crippen molar-refractivity contribution in [3.63, 3.8) is 0 Å². The van der Waals surface area contributed by atoms with Crippen LogP contribution in [0.2, 0.25) is 0 Å². The minimum Gasteiger partial charge on any atom is -0.322 e. The van der Waals surface area contributed by atoms with E-state index in [1.165, 1.54) is 5.56 Å². The van der Waals surface area contributed by atoms with E-state index in [0.717, 1.165) is 34.4 Å². The molecule has 1 unspecified atom stereocenters. The van der Waals surface area contributed by atoms with Crippen LogP contribution in [0.25, 0.3) is 11.1 Å². The second-order valence-electron chi connectivity index (χ2n) is 11.1. The van der Waals surface area contributed by atoms with Crippen molar-refractivity contribution in [2.75, 3.05) is 10.2 Å². The van der Waals surface area contributed by atoms with Gasteiger partial charge in [0.2, 0.25) is 5.91 Å². The van der Waals surface area contributed by atoms with E-state index in [-0.39, 0.29) is 22.8 Å². The third-order valence-corrected chi connectivity index (χ3v) is 7.79. The number of benzene rings is 4. The van der Waals surface area contributed by atoms with Crippen LogP contribution in [0.5, 0.6) is 0 Å². The Morgan fingerprint density at radius 2 is 1.47 bits per heavy atom. The molecule has 0 aromatic heterocycles. The van der Waals surface area contributed by atoms with Crippen molar-refractivity contribution in [2.45, 2.75) is 52.0 Å². The minimum absolute atomic E-state index is 0.00964. The van der Waals surface area contributed by atoms with Crippen LogP contribution < -0.4 is 10.2 Å². The average molecular weight is 503 g/mol. The number of anilines is 2. The number of nitrogens with one attached hydrogen (secondary N) is 1. The first-order valence-electron chi connectivity index (χ1n) is 13.1. The second kappa shape index (κ2) is 9.60. The summed E-state index contributed by atoms with van der Waals surface area (Å²) in [5.41, 5.74) is 6.72. The first kappa shape index (κ1) is 25.5. The number of hydrogen-bond acceptors (Lipinski definition) is 2. The predicted molar refractivity (Wildman–Crippen MR) is 156 cm³/mol. The molecular weight excluding hydrogens is 468 g/mol. The number of hydrogen-bond donors (Lipinski definition) is 1. The van der Waals surface area contributed by atoms with Gasteiger partial charge in [-0.3, -0.25) is 9.59 Å². The monoisotopic (exact) mass is 502 g/mol. The summed E-state index contributed by atoms with van der Waals surface area (Å²) in [7, 11) is 0. The first-order valence-corrected chi connectivity index (χ1v) is 13.1. The fourth-order valence-corrected chi connectivity index (χ4v) is 6.32. The maximum absolute atomic E-state index is 13.7. The Morgan fingerprint density at radius 1 is 0.816 bits per heavy atom. The molecule has 192 valence electrons. The van der Waals surface area contributed by atoms with Crippen molar-refractivity contribution < 1.29 is 9.59 Å². The Balaban J connectivity index is 1.59. The lowest BCUT2D eigenvalue weighted by Crippen LogP contribution is -2.55. The normalized spacial score (nSPS) is 18.0. The number of amides is 2. The Hall–Kier alpha value is -4.18. The summed E-state index contributed by atoms with van der Waals surface area (Å²) < 4.78 is 0. The maximum Gasteiger partial charge on any atom is 0.256 e. The number of rotatable bonds is 4. The molecule has 4 aromatic carbocycles. The van der Waals surface area contributed by atoms with Crippen LogP contribution in [0.1, 0.15) is 61.2 Å². The van der Waals surface area contributed by atoms with E-state index in [2.05, 4.69) is 50.4 Å². The molecule has 0 radical (unpaired) electrons. The van der Waals surface area contributed by atoms with Crippen LogP contribution in [-0.4, -0.2) is 17.4 Å². The largest absolute Gasteiger partial charge is 0.322 e. The maximum atomic E-state index is 13.7. The van der Waals surface area contributed by atoms with E-state index in [1.807, 2.05) is 84.6 Å². The van der Waals surface area contributed by atoms with Crippen LogP contribution in [-0.2, 0) is 10.2 Å². The Labute approximate surface area is 225 Å². The standard InChI is InChI=1S/C34H34N2O2/c1-23-13-12-18-28(31(23)25-14-8-6-9-15-25)32(38)35-27-19-20-30-29(21-27)34(5,26-16-10-7-11-17-26)22-33(3,4)36(30)24(2)37/h6-21H,22H2,1-5H3,(H,35,38). The first-order chi connectivity index (χ1) is 18.1. The lowest BCUT2D eigenvalue weighted by molar-refractivity contribution is -0.117. The van der Waals surface area contributed by atoms with Gasteiger partial charge in [0.15, 0.2) is 0 Å². The van der Waals surface area contributed by atoms with E-state index in [1.54, 1.807) is 6.92 Å². The number of nitrogens with zero attached hydrogens (tertiary/aromatic N) is 1. The molecule has 38 heavy (non-hydrogen) atoms. The minimum atomic E-state index is -0.375. The van der Waals surface area contributed by atoms with Crippen LogP contribution in [0.4, 0.5) is 11.4 Å². The van der Waals surface area contributed by atoms with Gasteiger partial charge < -0.3 is 10.2 Å². The van der Waals surface area contributed by atoms with Gasteiger partial charge in [0.05, 0.1) is 0 Å². The predicted octanol–water partition coefficient (Wildman–Crippen LogP) is 7.76. The highest BCUT2D eigenvalue weighted by Crippen LogP contribution is 2.51. The van der Waals surface area contributed by atoms with E-state index < -0.39 is 0 Å². The Morgan fingerprint density at radius 3 is 2.13 bits per heavy atom. The molecule has 0 aliphatic carbocycles. The zero-order chi connectivity index (χ0) is 27.1. The third-order valence-electron chi connectivity index (χ3n) is 7.79. The van der Waals surface area contributed by atoms with Gasteiger partial charge in [-0.25, -0.2) is 0 Å². The van der Waals surface area contributed by atoms with Gasteiger partial charge in [-0.15, -0.1) is 0 Å². The summed E-state index contributed by atoms with van der Waals surface area (Å²) in [6.45, 7) is 10.1. The molecule has 1 N–H and O–H groups in total. The summed E-state index contributed by atoms with van der Waals surface area (Å²) in [6, 6.07) is 32.2. The van der Waals surface area contributed by atoms with E-state index >= 15 is 0 Å².